The Kier molecular flexibility index (Phi) is 3.71. The molecule has 2 rings (SSSR count). The fourth-order valence-electron chi connectivity index (χ4n) is 1.68. The average molecular weight is 267 g/mol. The van der Waals surface area contributed by atoms with Gasteiger partial charge in [-0.25, -0.2) is 9.48 Å². The number of aromatic nitrogens is 3. The van der Waals surface area contributed by atoms with Crippen LogP contribution in [-0.4, -0.2) is 42.3 Å². The van der Waals surface area contributed by atoms with Crippen LogP contribution in [0.2, 0.25) is 0 Å². The normalized spacial score (nSPS) is 12.7. The van der Waals surface area contributed by atoms with E-state index in [1.54, 1.807) is 23.1 Å². The number of carbonyl (C=O) groups is 1. The fourth-order valence-corrected chi connectivity index (χ4v) is 2.22. The van der Waals surface area contributed by atoms with Crippen LogP contribution in [0.25, 0.3) is 11.0 Å². The van der Waals surface area contributed by atoms with Gasteiger partial charge in [0.15, 0.2) is 0 Å². The molecule has 1 unspecified atom stereocenters. The van der Waals surface area contributed by atoms with Crippen LogP contribution in [0.4, 0.5) is 0 Å². The minimum Gasteiger partial charge on any atom is -0.478 e. The molecular formula is C11H13N3O3S. The van der Waals surface area contributed by atoms with Gasteiger partial charge in [-0.1, -0.05) is 5.21 Å². The van der Waals surface area contributed by atoms with Crippen LogP contribution < -0.4 is 0 Å². The van der Waals surface area contributed by atoms with E-state index >= 15 is 0 Å². The van der Waals surface area contributed by atoms with Crippen molar-refractivity contribution in [2.75, 3.05) is 12.0 Å². The van der Waals surface area contributed by atoms with Gasteiger partial charge in [-0.2, -0.15) is 0 Å². The SMILES string of the molecule is CS(=O)CCCn1nnc2ccc(C(=O)O)cc21. The summed E-state index contributed by atoms with van der Waals surface area (Å²) < 4.78 is 12.6. The highest BCUT2D eigenvalue weighted by Crippen LogP contribution is 2.14. The lowest BCUT2D eigenvalue weighted by molar-refractivity contribution is 0.0697. The Morgan fingerprint density at radius 1 is 1.50 bits per heavy atom. The predicted octanol–water partition coefficient (Wildman–Crippen LogP) is 0.898. The maximum atomic E-state index is 11.0. The topological polar surface area (TPSA) is 85.1 Å². The molecule has 96 valence electrons. The van der Waals surface area contributed by atoms with Gasteiger partial charge < -0.3 is 5.11 Å². The van der Waals surface area contributed by atoms with Crippen LogP contribution in [0.3, 0.4) is 0 Å². The zero-order valence-corrected chi connectivity index (χ0v) is 10.7. The molecule has 0 aliphatic heterocycles. The number of carboxylic acid groups (broad SMARTS) is 1. The van der Waals surface area contributed by atoms with Crippen molar-refractivity contribution in [2.45, 2.75) is 13.0 Å². The molecule has 0 aliphatic carbocycles. The van der Waals surface area contributed by atoms with Crippen LogP contribution >= 0.6 is 0 Å². The molecular weight excluding hydrogens is 254 g/mol. The Morgan fingerprint density at radius 2 is 2.28 bits per heavy atom. The second-order valence-electron chi connectivity index (χ2n) is 3.95. The Bertz CT molecular complexity index is 609. The minimum absolute atomic E-state index is 0.213. The molecule has 7 heteroatoms. The van der Waals surface area contributed by atoms with Crippen LogP contribution in [-0.2, 0) is 17.3 Å². The van der Waals surface area contributed by atoms with Crippen molar-refractivity contribution in [2.24, 2.45) is 0 Å². The number of hydrogen-bond donors (Lipinski definition) is 1. The van der Waals surface area contributed by atoms with E-state index in [1.165, 1.54) is 6.07 Å². The highest BCUT2D eigenvalue weighted by Gasteiger charge is 2.09. The molecule has 6 nitrogen and oxygen atoms in total. The Labute approximate surface area is 106 Å². The molecule has 0 saturated heterocycles. The first-order chi connectivity index (χ1) is 8.58. The first-order valence-corrected chi connectivity index (χ1v) is 7.17. The zero-order chi connectivity index (χ0) is 13.1. The highest BCUT2D eigenvalue weighted by molar-refractivity contribution is 7.84. The van der Waals surface area contributed by atoms with Crippen molar-refractivity contribution < 1.29 is 14.1 Å². The summed E-state index contributed by atoms with van der Waals surface area (Å²) in [7, 11) is -0.828. The Morgan fingerprint density at radius 3 is 2.94 bits per heavy atom. The predicted molar refractivity (Wildman–Crippen MR) is 68.0 cm³/mol. The Balaban J connectivity index is 2.25. The molecule has 1 atom stereocenters. The minimum atomic E-state index is -0.973. The standard InChI is InChI=1S/C11H13N3O3S/c1-18(17)6-2-5-14-10-7-8(11(15)16)3-4-9(10)12-13-14/h3-4,7H,2,5-6H2,1H3,(H,15,16). The maximum absolute atomic E-state index is 11.0. The lowest BCUT2D eigenvalue weighted by Crippen LogP contribution is -2.05. The summed E-state index contributed by atoms with van der Waals surface area (Å²) in [5.41, 5.74) is 1.57. The first-order valence-electron chi connectivity index (χ1n) is 5.44. The summed E-state index contributed by atoms with van der Waals surface area (Å²) >= 11 is 0. The monoisotopic (exact) mass is 267 g/mol. The van der Waals surface area contributed by atoms with Crippen LogP contribution in [0.15, 0.2) is 18.2 Å². The lowest BCUT2D eigenvalue weighted by atomic mass is 10.2. The van der Waals surface area contributed by atoms with E-state index in [0.29, 0.717) is 23.3 Å². The molecule has 1 heterocycles. The fraction of sp³-hybridized carbons (Fsp3) is 0.364. The first kappa shape index (κ1) is 12.7. The van der Waals surface area contributed by atoms with Gasteiger partial charge in [-0.05, 0) is 24.6 Å². The van der Waals surface area contributed by atoms with E-state index < -0.39 is 16.8 Å². The van der Waals surface area contributed by atoms with Gasteiger partial charge in [0.2, 0.25) is 0 Å². The Hall–Kier alpha value is -1.76. The summed E-state index contributed by atoms with van der Waals surface area (Å²) in [6, 6.07) is 4.70. The molecule has 0 fully saturated rings. The molecule has 1 aromatic heterocycles. The van der Waals surface area contributed by atoms with Gasteiger partial charge in [0.25, 0.3) is 0 Å². The van der Waals surface area contributed by atoms with Gasteiger partial charge in [0, 0.05) is 29.4 Å². The average Bonchev–Trinajstić information content (AvgIpc) is 2.71. The lowest BCUT2D eigenvalue weighted by Gasteiger charge is -2.01. The summed E-state index contributed by atoms with van der Waals surface area (Å²) in [6.45, 7) is 0.582. The second kappa shape index (κ2) is 5.26. The molecule has 0 radical (unpaired) electrons. The van der Waals surface area contributed by atoms with Gasteiger partial charge >= 0.3 is 5.97 Å². The van der Waals surface area contributed by atoms with E-state index in [1.807, 2.05) is 0 Å². The molecule has 1 aromatic carbocycles. The van der Waals surface area contributed by atoms with E-state index in [2.05, 4.69) is 10.3 Å². The van der Waals surface area contributed by atoms with Crippen LogP contribution in [0.1, 0.15) is 16.8 Å². The third kappa shape index (κ3) is 2.73. The van der Waals surface area contributed by atoms with Crippen molar-refractivity contribution >= 4 is 27.8 Å². The molecule has 0 saturated carbocycles. The van der Waals surface area contributed by atoms with Gasteiger partial charge in [0.1, 0.15) is 5.52 Å². The molecule has 0 amide bonds. The number of aromatic carboxylic acids is 1. The summed E-state index contributed by atoms with van der Waals surface area (Å²) in [4.78, 5) is 10.9. The van der Waals surface area contributed by atoms with Crippen LogP contribution in [0.5, 0.6) is 0 Å². The zero-order valence-electron chi connectivity index (χ0n) is 9.87. The number of rotatable bonds is 5. The van der Waals surface area contributed by atoms with Gasteiger partial charge in [-0.15, -0.1) is 5.10 Å². The maximum Gasteiger partial charge on any atom is 0.335 e. The number of hydrogen-bond acceptors (Lipinski definition) is 4. The number of carboxylic acids is 1. The van der Waals surface area contributed by atoms with E-state index in [4.69, 9.17) is 5.11 Å². The van der Waals surface area contributed by atoms with Crippen molar-refractivity contribution in [1.29, 1.82) is 0 Å². The molecule has 18 heavy (non-hydrogen) atoms. The van der Waals surface area contributed by atoms with Crippen molar-refractivity contribution in [3.05, 3.63) is 23.8 Å². The number of benzene rings is 1. The molecule has 1 N–H and O–H groups in total. The van der Waals surface area contributed by atoms with Crippen molar-refractivity contribution in [1.82, 2.24) is 15.0 Å². The largest absolute Gasteiger partial charge is 0.478 e. The third-order valence-corrected chi connectivity index (χ3v) is 3.43. The molecule has 0 aliphatic rings. The summed E-state index contributed by atoms with van der Waals surface area (Å²) in [5.74, 6) is -0.376. The van der Waals surface area contributed by atoms with Gasteiger partial charge in [0.05, 0.1) is 11.1 Å². The van der Waals surface area contributed by atoms with E-state index in [0.717, 1.165) is 6.42 Å². The van der Waals surface area contributed by atoms with Crippen LogP contribution in [0, 0.1) is 0 Å². The summed E-state index contributed by atoms with van der Waals surface area (Å²) in [5, 5.41) is 16.9. The number of fused-ring (bicyclic) bond motifs is 1. The summed E-state index contributed by atoms with van der Waals surface area (Å²) in [6.07, 6.45) is 2.38. The van der Waals surface area contributed by atoms with Crippen molar-refractivity contribution in [3.8, 4) is 0 Å². The highest BCUT2D eigenvalue weighted by atomic mass is 32.2. The molecule has 0 bridgehead atoms. The number of aryl methyl sites for hydroxylation is 1. The van der Waals surface area contributed by atoms with E-state index in [-0.39, 0.29) is 5.56 Å². The third-order valence-electron chi connectivity index (χ3n) is 2.56. The second-order valence-corrected chi connectivity index (χ2v) is 5.51. The quantitative estimate of drug-likeness (QED) is 0.870. The molecule has 0 spiro atoms. The molecule has 2 aromatic rings. The number of nitrogens with zero attached hydrogens (tertiary/aromatic N) is 3. The van der Waals surface area contributed by atoms with Gasteiger partial charge in [-0.3, -0.25) is 4.21 Å². The van der Waals surface area contributed by atoms with E-state index in [9.17, 15) is 9.00 Å². The smallest absolute Gasteiger partial charge is 0.335 e. The van der Waals surface area contributed by atoms with Crippen molar-refractivity contribution in [3.63, 3.8) is 0 Å².